The molecule has 6 atom stereocenters. The molecule has 55 heavy (non-hydrogen) atoms. The van der Waals surface area contributed by atoms with Gasteiger partial charge in [-0.25, -0.2) is 0 Å². The van der Waals surface area contributed by atoms with Gasteiger partial charge < -0.3 is 14.6 Å². The molecule has 4 amide bonds. The van der Waals surface area contributed by atoms with Crippen LogP contribution in [0.5, 0.6) is 17.2 Å². The predicted octanol–water partition coefficient (Wildman–Crippen LogP) is 7.86. The summed E-state index contributed by atoms with van der Waals surface area (Å²) in [5.41, 5.74) is 5.29. The highest BCUT2D eigenvalue weighted by Crippen LogP contribution is 2.64. The normalized spacial score (nSPS) is 25.7. The minimum absolute atomic E-state index is 0.0820. The van der Waals surface area contributed by atoms with Crippen LogP contribution in [-0.4, -0.2) is 47.5 Å². The quantitative estimate of drug-likeness (QED) is 0.130. The van der Waals surface area contributed by atoms with Crippen molar-refractivity contribution >= 4 is 58.2 Å². The number of aryl methyl sites for hydroxylation is 1. The van der Waals surface area contributed by atoms with E-state index in [2.05, 4.69) is 5.43 Å². The molecule has 2 aliphatic heterocycles. The van der Waals surface area contributed by atoms with Crippen molar-refractivity contribution in [1.82, 2.24) is 5.01 Å². The standard InChI is InChI=1S/C43H39Cl2N3O7/c1-4-23-6-12-27(13-7-23)47-39(50)30-17-16-29-31(37(30)41(47)52)22-32-40(51)48(46-34-18-11-26(44)21-33(34)45)42(53)43(32,25-9-14-28(54-3)15-10-25)38(29)24-8-19-35(49)36(20-24)55-5-2/h6-16,18-21,30-32,37-38,46,49H,4-5,17,22H2,1-3H3/t30-,31+,32-,37-,38-,43+/m0/s1. The van der Waals surface area contributed by atoms with E-state index < -0.39 is 46.8 Å². The summed E-state index contributed by atoms with van der Waals surface area (Å²) in [6.45, 7) is 4.11. The van der Waals surface area contributed by atoms with Crippen LogP contribution in [-0.2, 0) is 31.0 Å². The smallest absolute Gasteiger partial charge is 0.260 e. The molecule has 4 aromatic carbocycles. The summed E-state index contributed by atoms with van der Waals surface area (Å²) >= 11 is 12.8. The molecule has 2 aliphatic carbocycles. The van der Waals surface area contributed by atoms with E-state index in [0.29, 0.717) is 33.3 Å². The number of imide groups is 2. The summed E-state index contributed by atoms with van der Waals surface area (Å²) < 4.78 is 11.3. The molecule has 3 fully saturated rings. The summed E-state index contributed by atoms with van der Waals surface area (Å²) in [7, 11) is 1.55. The van der Waals surface area contributed by atoms with Crippen molar-refractivity contribution in [3.63, 3.8) is 0 Å². The molecule has 4 aromatic rings. The molecule has 2 heterocycles. The average Bonchev–Trinajstić information content (AvgIpc) is 3.57. The van der Waals surface area contributed by atoms with Crippen molar-refractivity contribution < 1.29 is 33.8 Å². The molecule has 2 saturated heterocycles. The Kier molecular flexibility index (Phi) is 9.38. The number of benzene rings is 4. The number of phenolic OH excluding ortho intramolecular Hbond substituents is 1. The Balaban J connectivity index is 1.33. The molecule has 282 valence electrons. The average molecular weight is 781 g/mol. The summed E-state index contributed by atoms with van der Waals surface area (Å²) in [6, 6.07) is 24.2. The van der Waals surface area contributed by atoms with E-state index in [0.717, 1.165) is 22.6 Å². The second-order valence-corrected chi connectivity index (χ2v) is 15.2. The first-order valence-electron chi connectivity index (χ1n) is 18.4. The van der Waals surface area contributed by atoms with E-state index in [4.69, 9.17) is 32.7 Å². The highest BCUT2D eigenvalue weighted by atomic mass is 35.5. The third-order valence-electron chi connectivity index (χ3n) is 11.8. The van der Waals surface area contributed by atoms with E-state index in [1.165, 1.54) is 17.0 Å². The van der Waals surface area contributed by atoms with Crippen LogP contribution in [0.1, 0.15) is 49.3 Å². The summed E-state index contributed by atoms with van der Waals surface area (Å²) in [4.78, 5) is 60.5. The van der Waals surface area contributed by atoms with Gasteiger partial charge in [-0.1, -0.05) is 72.1 Å². The molecule has 0 unspecified atom stereocenters. The van der Waals surface area contributed by atoms with Gasteiger partial charge in [-0.3, -0.25) is 29.5 Å². The number of hydrazine groups is 1. The van der Waals surface area contributed by atoms with Gasteiger partial charge >= 0.3 is 0 Å². The first-order chi connectivity index (χ1) is 26.5. The van der Waals surface area contributed by atoms with Crippen LogP contribution < -0.4 is 19.8 Å². The van der Waals surface area contributed by atoms with E-state index in [1.807, 2.05) is 25.1 Å². The van der Waals surface area contributed by atoms with Gasteiger partial charge in [-0.2, -0.15) is 5.01 Å². The van der Waals surface area contributed by atoms with Gasteiger partial charge in [0.1, 0.15) is 5.75 Å². The lowest BCUT2D eigenvalue weighted by molar-refractivity contribution is -0.138. The highest BCUT2D eigenvalue weighted by Gasteiger charge is 2.70. The molecular weight excluding hydrogens is 741 g/mol. The second-order valence-electron chi connectivity index (χ2n) is 14.4. The van der Waals surface area contributed by atoms with E-state index in [-0.39, 0.29) is 47.8 Å². The maximum atomic E-state index is 15.5. The molecule has 10 nitrogen and oxygen atoms in total. The van der Waals surface area contributed by atoms with Gasteiger partial charge in [0.05, 0.1) is 53.3 Å². The van der Waals surface area contributed by atoms with Crippen LogP contribution in [0.25, 0.3) is 0 Å². The number of phenols is 1. The Hall–Kier alpha value is -5.32. The fourth-order valence-electron chi connectivity index (χ4n) is 9.34. The van der Waals surface area contributed by atoms with Crippen molar-refractivity contribution in [2.75, 3.05) is 24.0 Å². The van der Waals surface area contributed by atoms with Crippen molar-refractivity contribution in [1.29, 1.82) is 0 Å². The zero-order chi connectivity index (χ0) is 38.8. The first-order valence-corrected chi connectivity index (χ1v) is 19.2. The van der Waals surface area contributed by atoms with Crippen molar-refractivity contribution in [3.05, 3.63) is 123 Å². The third-order valence-corrected chi connectivity index (χ3v) is 12.3. The number of nitrogens with zero attached hydrogens (tertiary/aromatic N) is 2. The van der Waals surface area contributed by atoms with Crippen LogP contribution in [0.4, 0.5) is 11.4 Å². The predicted molar refractivity (Wildman–Crippen MR) is 208 cm³/mol. The van der Waals surface area contributed by atoms with Crippen LogP contribution in [0.2, 0.25) is 10.0 Å². The van der Waals surface area contributed by atoms with Crippen LogP contribution in [0, 0.1) is 23.7 Å². The largest absolute Gasteiger partial charge is 0.504 e. The lowest BCUT2D eigenvalue weighted by Crippen LogP contribution is -2.53. The lowest BCUT2D eigenvalue weighted by Gasteiger charge is -2.50. The van der Waals surface area contributed by atoms with Crippen LogP contribution in [0.15, 0.2) is 96.6 Å². The number of carbonyl (C=O) groups excluding carboxylic acids is 4. The van der Waals surface area contributed by atoms with Crippen molar-refractivity contribution in [2.24, 2.45) is 23.7 Å². The maximum absolute atomic E-state index is 15.5. The molecular formula is C43H39Cl2N3O7. The number of allylic oxidation sites excluding steroid dienone is 2. The number of ether oxygens (including phenoxy) is 2. The number of hydrogen-bond acceptors (Lipinski definition) is 8. The number of hydrogen-bond donors (Lipinski definition) is 2. The molecule has 4 aliphatic rings. The van der Waals surface area contributed by atoms with E-state index in [1.54, 1.807) is 74.7 Å². The van der Waals surface area contributed by atoms with Gasteiger partial charge in [-0.15, -0.1) is 0 Å². The number of rotatable bonds is 9. The summed E-state index contributed by atoms with van der Waals surface area (Å²) in [6.07, 6.45) is 3.19. The third kappa shape index (κ3) is 5.68. The lowest BCUT2D eigenvalue weighted by atomic mass is 9.49. The van der Waals surface area contributed by atoms with Gasteiger partial charge in [0.25, 0.3) is 11.8 Å². The molecule has 0 spiro atoms. The zero-order valence-corrected chi connectivity index (χ0v) is 31.9. The number of fused-ring (bicyclic) bond motifs is 4. The molecule has 0 radical (unpaired) electrons. The van der Waals surface area contributed by atoms with E-state index in [9.17, 15) is 19.5 Å². The Bertz CT molecular complexity index is 2260. The number of anilines is 2. The Morgan fingerprint density at radius 2 is 1.62 bits per heavy atom. The first kappa shape index (κ1) is 36.6. The van der Waals surface area contributed by atoms with Gasteiger partial charge in [0.15, 0.2) is 11.5 Å². The van der Waals surface area contributed by atoms with Gasteiger partial charge in [-0.05, 0) is 103 Å². The number of nitrogens with one attached hydrogen (secondary N) is 1. The van der Waals surface area contributed by atoms with Gasteiger partial charge in [0.2, 0.25) is 11.8 Å². The number of halogens is 2. The molecule has 1 saturated carbocycles. The fourth-order valence-corrected chi connectivity index (χ4v) is 9.79. The maximum Gasteiger partial charge on any atom is 0.260 e. The monoisotopic (exact) mass is 779 g/mol. The Morgan fingerprint density at radius 3 is 2.29 bits per heavy atom. The molecule has 0 bridgehead atoms. The number of amides is 4. The highest BCUT2D eigenvalue weighted by molar-refractivity contribution is 6.36. The Morgan fingerprint density at radius 1 is 0.873 bits per heavy atom. The van der Waals surface area contributed by atoms with Gasteiger partial charge in [0, 0.05) is 10.9 Å². The molecule has 8 rings (SSSR count). The minimum Gasteiger partial charge on any atom is -0.504 e. The molecule has 0 aromatic heterocycles. The Labute approximate surface area is 328 Å². The number of methoxy groups -OCH3 is 1. The summed E-state index contributed by atoms with van der Waals surface area (Å²) in [5.74, 6) is -4.76. The zero-order valence-electron chi connectivity index (χ0n) is 30.4. The SMILES string of the molecule is CCOc1cc([C@H]2C3=CC[C@@H]4C(=O)N(c5ccc(CC)cc5)C(=O)[C@@H]4[C@@H]3C[C@H]3C(=O)N(Nc4ccc(Cl)cc4Cl)C(=O)[C@@]23c2ccc(OC)cc2)ccc1O. The summed E-state index contributed by atoms with van der Waals surface area (Å²) in [5, 5.41) is 12.4. The molecule has 12 heteroatoms. The van der Waals surface area contributed by atoms with Crippen molar-refractivity contribution in [3.8, 4) is 17.2 Å². The number of aromatic hydroxyl groups is 1. The second kappa shape index (κ2) is 14.1. The van der Waals surface area contributed by atoms with Crippen LogP contribution in [0.3, 0.4) is 0 Å². The van der Waals surface area contributed by atoms with E-state index >= 15 is 4.79 Å². The topological polar surface area (TPSA) is 125 Å². The number of carbonyl (C=O) groups is 4. The fraction of sp³-hybridized carbons (Fsp3) is 0.302. The van der Waals surface area contributed by atoms with Crippen molar-refractivity contribution in [2.45, 2.75) is 44.4 Å². The minimum atomic E-state index is -1.55. The van der Waals surface area contributed by atoms with Crippen LogP contribution >= 0.6 is 23.2 Å². The molecule has 2 N–H and O–H groups in total.